The molecule has 0 radical (unpaired) electrons. The van der Waals surface area contributed by atoms with Crippen LogP contribution >= 0.6 is 0 Å². The van der Waals surface area contributed by atoms with Gasteiger partial charge in [0.15, 0.2) is 5.78 Å². The van der Waals surface area contributed by atoms with Gasteiger partial charge in [-0.05, 0) is 18.4 Å². The highest BCUT2D eigenvalue weighted by Gasteiger charge is 2.49. The first-order valence-corrected chi connectivity index (χ1v) is 8.42. The molecule has 1 spiro atoms. The van der Waals surface area contributed by atoms with Gasteiger partial charge in [-0.25, -0.2) is 4.79 Å². The zero-order valence-electron chi connectivity index (χ0n) is 13.7. The predicted molar refractivity (Wildman–Crippen MR) is 90.0 cm³/mol. The predicted octanol–water partition coefficient (Wildman–Crippen LogP) is 2.60. The Balaban J connectivity index is 1.72. The maximum atomic E-state index is 12.1. The van der Waals surface area contributed by atoms with Crippen LogP contribution in [-0.2, 0) is 16.0 Å². The molecule has 0 amide bonds. The first-order valence-electron chi connectivity index (χ1n) is 8.42. The fraction of sp³-hybridized carbons (Fsp3) is 0.444. The lowest BCUT2D eigenvalue weighted by Gasteiger charge is -2.44. The van der Waals surface area contributed by atoms with Crippen molar-refractivity contribution in [2.75, 3.05) is 0 Å². The largest absolute Gasteiger partial charge is 0.480 e. The highest BCUT2D eigenvalue weighted by molar-refractivity contribution is 6.05. The molecule has 1 saturated carbocycles. The molecule has 1 atom stereocenters. The summed E-state index contributed by atoms with van der Waals surface area (Å²) in [6.07, 6.45) is 6.30. The van der Waals surface area contributed by atoms with Crippen LogP contribution in [0, 0.1) is 15.5 Å². The van der Waals surface area contributed by atoms with Gasteiger partial charge in [-0.1, -0.05) is 31.4 Å². The highest BCUT2D eigenvalue weighted by atomic mass is 16.6. The number of hydrogen-bond donors (Lipinski definition) is 2. The number of hydrogen-bond acceptors (Lipinski definition) is 5. The molecule has 1 unspecified atom stereocenters. The van der Waals surface area contributed by atoms with Crippen LogP contribution in [0.4, 0.5) is 5.69 Å². The minimum atomic E-state index is -1.01. The SMILES string of the molecule is O=C(O)C(Cc1ccc([N+](=O)[O-])cc1)NC1=CC(=O)C12CCCCC2. The van der Waals surface area contributed by atoms with E-state index in [1.807, 2.05) is 0 Å². The second kappa shape index (κ2) is 6.66. The molecule has 2 aliphatic rings. The topological polar surface area (TPSA) is 110 Å². The van der Waals surface area contributed by atoms with E-state index in [0.717, 1.165) is 37.8 Å². The summed E-state index contributed by atoms with van der Waals surface area (Å²) in [5, 5.41) is 23.2. The molecule has 1 fully saturated rings. The Morgan fingerprint density at radius 3 is 2.40 bits per heavy atom. The molecule has 0 aliphatic heterocycles. The van der Waals surface area contributed by atoms with Crippen molar-refractivity contribution in [1.82, 2.24) is 5.32 Å². The first kappa shape index (κ1) is 17.1. The van der Waals surface area contributed by atoms with Crippen molar-refractivity contribution >= 4 is 17.4 Å². The zero-order valence-corrected chi connectivity index (χ0v) is 13.7. The van der Waals surface area contributed by atoms with E-state index in [2.05, 4.69) is 5.32 Å². The lowest BCUT2D eigenvalue weighted by Crippen LogP contribution is -2.51. The molecule has 2 aliphatic carbocycles. The van der Waals surface area contributed by atoms with Gasteiger partial charge in [-0.2, -0.15) is 0 Å². The maximum Gasteiger partial charge on any atom is 0.326 e. The third kappa shape index (κ3) is 3.26. The molecule has 0 heterocycles. The van der Waals surface area contributed by atoms with Crippen molar-refractivity contribution in [2.45, 2.75) is 44.6 Å². The molecule has 0 saturated heterocycles. The number of carbonyl (C=O) groups excluding carboxylic acids is 1. The summed E-state index contributed by atoms with van der Waals surface area (Å²) in [4.78, 5) is 33.9. The van der Waals surface area contributed by atoms with Gasteiger partial charge in [-0.15, -0.1) is 0 Å². The van der Waals surface area contributed by atoms with Crippen molar-refractivity contribution < 1.29 is 19.6 Å². The number of nitrogens with zero attached hydrogens (tertiary/aromatic N) is 1. The Morgan fingerprint density at radius 2 is 1.88 bits per heavy atom. The second-order valence-corrected chi connectivity index (χ2v) is 6.73. The fourth-order valence-corrected chi connectivity index (χ4v) is 3.69. The van der Waals surface area contributed by atoms with Crippen molar-refractivity contribution in [2.24, 2.45) is 5.41 Å². The Labute approximate surface area is 144 Å². The Hall–Kier alpha value is -2.70. The van der Waals surface area contributed by atoms with Crippen molar-refractivity contribution in [3.05, 3.63) is 51.7 Å². The Bertz CT molecular complexity index is 732. The van der Waals surface area contributed by atoms with E-state index >= 15 is 0 Å². The molecule has 3 rings (SSSR count). The van der Waals surface area contributed by atoms with E-state index in [0.29, 0.717) is 5.56 Å². The molecule has 25 heavy (non-hydrogen) atoms. The third-order valence-corrected chi connectivity index (χ3v) is 5.18. The summed E-state index contributed by atoms with van der Waals surface area (Å²) >= 11 is 0. The zero-order chi connectivity index (χ0) is 18.0. The van der Waals surface area contributed by atoms with Gasteiger partial charge in [0.25, 0.3) is 5.69 Å². The summed E-state index contributed by atoms with van der Waals surface area (Å²) in [7, 11) is 0. The van der Waals surface area contributed by atoms with Crippen molar-refractivity contribution in [3.63, 3.8) is 0 Å². The van der Waals surface area contributed by atoms with Gasteiger partial charge in [-0.3, -0.25) is 14.9 Å². The average molecular weight is 344 g/mol. The Kier molecular flexibility index (Phi) is 4.57. The number of rotatable bonds is 6. The van der Waals surface area contributed by atoms with Crippen molar-refractivity contribution in [1.29, 1.82) is 0 Å². The van der Waals surface area contributed by atoms with E-state index < -0.39 is 22.3 Å². The number of aliphatic carboxylic acids is 1. The number of nitrogens with one attached hydrogen (secondary N) is 1. The maximum absolute atomic E-state index is 12.1. The van der Waals surface area contributed by atoms with Gasteiger partial charge >= 0.3 is 5.97 Å². The fourth-order valence-electron chi connectivity index (χ4n) is 3.69. The number of nitro benzene ring substituents is 1. The van der Waals surface area contributed by atoms with Gasteiger partial charge in [0.2, 0.25) is 0 Å². The number of benzene rings is 1. The molecule has 7 heteroatoms. The summed E-state index contributed by atoms with van der Waals surface area (Å²) < 4.78 is 0. The van der Waals surface area contributed by atoms with Crippen LogP contribution in [0.5, 0.6) is 0 Å². The van der Waals surface area contributed by atoms with Crippen LogP contribution in [0.2, 0.25) is 0 Å². The number of nitro groups is 1. The third-order valence-electron chi connectivity index (χ3n) is 5.18. The van der Waals surface area contributed by atoms with Crippen LogP contribution in [0.3, 0.4) is 0 Å². The lowest BCUT2D eigenvalue weighted by atomic mass is 9.62. The molecule has 7 nitrogen and oxygen atoms in total. The number of carboxylic acid groups (broad SMARTS) is 1. The first-order chi connectivity index (χ1) is 11.9. The van der Waals surface area contributed by atoms with Crippen LogP contribution in [-0.4, -0.2) is 27.8 Å². The van der Waals surface area contributed by atoms with Gasteiger partial charge < -0.3 is 10.4 Å². The summed E-state index contributed by atoms with van der Waals surface area (Å²) in [5.74, 6) is -0.918. The normalized spacial score (nSPS) is 19.7. The monoisotopic (exact) mass is 344 g/mol. The molecule has 0 aromatic heterocycles. The molecule has 1 aromatic rings. The summed E-state index contributed by atoms with van der Waals surface area (Å²) in [6, 6.07) is 4.98. The minimum Gasteiger partial charge on any atom is -0.480 e. The number of allylic oxidation sites excluding steroid dienone is 2. The molecule has 0 bridgehead atoms. The Morgan fingerprint density at radius 1 is 1.24 bits per heavy atom. The van der Waals surface area contributed by atoms with E-state index in [-0.39, 0.29) is 17.9 Å². The van der Waals surface area contributed by atoms with Crippen LogP contribution in [0.15, 0.2) is 36.0 Å². The van der Waals surface area contributed by atoms with Gasteiger partial charge in [0.1, 0.15) is 6.04 Å². The van der Waals surface area contributed by atoms with Crippen LogP contribution in [0.1, 0.15) is 37.7 Å². The molecule has 132 valence electrons. The summed E-state index contributed by atoms with van der Waals surface area (Å²) in [5.41, 5.74) is 0.875. The smallest absolute Gasteiger partial charge is 0.326 e. The lowest BCUT2D eigenvalue weighted by molar-refractivity contribution is -0.384. The number of ketones is 1. The van der Waals surface area contributed by atoms with E-state index in [9.17, 15) is 24.8 Å². The van der Waals surface area contributed by atoms with Gasteiger partial charge in [0.05, 0.1) is 10.3 Å². The molecule has 1 aromatic carbocycles. The van der Waals surface area contributed by atoms with E-state index in [1.165, 1.54) is 18.2 Å². The number of non-ortho nitro benzene ring substituents is 1. The van der Waals surface area contributed by atoms with E-state index in [4.69, 9.17) is 0 Å². The quantitative estimate of drug-likeness (QED) is 0.606. The molecule has 2 N–H and O–H groups in total. The average Bonchev–Trinajstić information content (AvgIpc) is 2.61. The minimum absolute atomic E-state index is 0.0305. The number of carboxylic acids is 1. The molecular weight excluding hydrogens is 324 g/mol. The highest BCUT2D eigenvalue weighted by Crippen LogP contribution is 2.48. The second-order valence-electron chi connectivity index (χ2n) is 6.73. The standard InChI is InChI=1S/C18H20N2O5/c21-16-11-15(18(16)8-2-1-3-9-18)19-14(17(22)23)10-12-4-6-13(7-5-12)20(24)25/h4-7,11,14,19H,1-3,8-10H2,(H,22,23). The van der Waals surface area contributed by atoms with Crippen LogP contribution in [0.25, 0.3) is 0 Å². The molecular formula is C18H20N2O5. The van der Waals surface area contributed by atoms with Gasteiger partial charge in [0, 0.05) is 30.3 Å². The van der Waals surface area contributed by atoms with Crippen molar-refractivity contribution in [3.8, 4) is 0 Å². The van der Waals surface area contributed by atoms with Crippen LogP contribution < -0.4 is 5.32 Å². The number of carbonyl (C=O) groups is 2. The van der Waals surface area contributed by atoms with E-state index in [1.54, 1.807) is 12.1 Å². The summed E-state index contributed by atoms with van der Waals surface area (Å²) in [6.45, 7) is 0.